The van der Waals surface area contributed by atoms with E-state index in [0.717, 1.165) is 29.1 Å². The van der Waals surface area contributed by atoms with Crippen molar-refractivity contribution in [2.45, 2.75) is 36.7 Å². The van der Waals surface area contributed by atoms with Crippen molar-refractivity contribution in [2.75, 3.05) is 18.9 Å². The lowest BCUT2D eigenvalue weighted by atomic mass is 9.99. The predicted molar refractivity (Wildman–Crippen MR) is 80.6 cm³/mol. The molecule has 0 unspecified atom stereocenters. The van der Waals surface area contributed by atoms with Gasteiger partial charge in [-0.25, -0.2) is 0 Å². The van der Waals surface area contributed by atoms with Crippen molar-refractivity contribution in [3.63, 3.8) is 0 Å². The van der Waals surface area contributed by atoms with E-state index in [2.05, 4.69) is 17.9 Å². The summed E-state index contributed by atoms with van der Waals surface area (Å²) in [5.41, 5.74) is 8.20. The largest absolute Gasteiger partial charge is 0.387 e. The molecule has 0 saturated carbocycles. The molecule has 0 radical (unpaired) electrons. The molecule has 3 N–H and O–H groups in total. The highest BCUT2D eigenvalue weighted by Gasteiger charge is 2.36. The van der Waals surface area contributed by atoms with E-state index >= 15 is 0 Å². The van der Waals surface area contributed by atoms with Crippen LogP contribution in [0.5, 0.6) is 0 Å². The van der Waals surface area contributed by atoms with Gasteiger partial charge in [-0.05, 0) is 18.1 Å². The van der Waals surface area contributed by atoms with Crippen LogP contribution in [0.25, 0.3) is 0 Å². The number of carbonyl (C=O) groups excluding carboxylic acids is 1. The second kappa shape index (κ2) is 5.84. The molecular formula is C14H21N3OS. The fourth-order valence-corrected chi connectivity index (χ4v) is 3.09. The Hall–Kier alpha value is -1.20. The number of nitrogens with zero attached hydrogens (tertiary/aromatic N) is 1. The van der Waals surface area contributed by atoms with Crippen LogP contribution in [0.1, 0.15) is 31.4 Å². The van der Waals surface area contributed by atoms with Gasteiger partial charge in [0.2, 0.25) is 5.91 Å². The molecule has 0 bridgehead atoms. The fourth-order valence-electron chi connectivity index (χ4n) is 2.70. The predicted octanol–water partition coefficient (Wildman–Crippen LogP) is 2.03. The number of amides is 1. The first-order valence-electron chi connectivity index (χ1n) is 6.64. The van der Waals surface area contributed by atoms with Gasteiger partial charge in [0.1, 0.15) is 0 Å². The van der Waals surface area contributed by atoms with Gasteiger partial charge in [0.15, 0.2) is 0 Å². The van der Waals surface area contributed by atoms with E-state index in [9.17, 15) is 4.79 Å². The van der Waals surface area contributed by atoms with Gasteiger partial charge in [0.25, 0.3) is 0 Å². The summed E-state index contributed by atoms with van der Waals surface area (Å²) < 4.78 is 0. The van der Waals surface area contributed by atoms with Crippen LogP contribution < -0.4 is 11.1 Å². The maximum Gasteiger partial charge on any atom is 0.222 e. The van der Waals surface area contributed by atoms with E-state index in [1.807, 2.05) is 37.1 Å². The third-order valence-corrected chi connectivity index (χ3v) is 4.22. The number of hydrogen-bond acceptors (Lipinski definition) is 4. The van der Waals surface area contributed by atoms with Crippen molar-refractivity contribution < 1.29 is 4.79 Å². The Morgan fingerprint density at radius 3 is 2.95 bits per heavy atom. The van der Waals surface area contributed by atoms with Crippen molar-refractivity contribution >= 4 is 24.2 Å². The standard InChI is InChI=1S/C14H21N3OS/c1-3-12(18)17-8-7-10(15)13(17)9-5-4-6-11(16-2)14(9)19/h4-6,10,13,16,19H,3,7-8,15H2,1-2H3/t10-,13-/m1/s1. The first-order chi connectivity index (χ1) is 9.10. The zero-order chi connectivity index (χ0) is 14.0. The minimum atomic E-state index is -0.0618. The molecule has 2 rings (SSSR count). The topological polar surface area (TPSA) is 58.4 Å². The Kier molecular flexibility index (Phi) is 4.37. The number of rotatable bonds is 3. The normalized spacial score (nSPS) is 22.6. The summed E-state index contributed by atoms with van der Waals surface area (Å²) in [4.78, 5) is 14.8. The smallest absolute Gasteiger partial charge is 0.222 e. The summed E-state index contributed by atoms with van der Waals surface area (Å²) in [5, 5.41) is 3.11. The molecule has 5 heteroatoms. The lowest BCUT2D eigenvalue weighted by Gasteiger charge is -2.28. The van der Waals surface area contributed by atoms with Crippen molar-refractivity contribution in [1.29, 1.82) is 0 Å². The molecule has 0 aromatic heterocycles. The molecule has 0 aliphatic carbocycles. The van der Waals surface area contributed by atoms with Crippen molar-refractivity contribution in [2.24, 2.45) is 5.73 Å². The van der Waals surface area contributed by atoms with E-state index < -0.39 is 0 Å². The van der Waals surface area contributed by atoms with Crippen LogP contribution in [0, 0.1) is 0 Å². The van der Waals surface area contributed by atoms with Crippen molar-refractivity contribution in [3.8, 4) is 0 Å². The molecule has 1 fully saturated rings. The van der Waals surface area contributed by atoms with Crippen LogP contribution in [0.4, 0.5) is 5.69 Å². The van der Waals surface area contributed by atoms with Gasteiger partial charge in [-0.1, -0.05) is 19.1 Å². The quantitative estimate of drug-likeness (QED) is 0.742. The maximum absolute atomic E-state index is 12.0. The number of anilines is 1. The first-order valence-corrected chi connectivity index (χ1v) is 7.09. The van der Waals surface area contributed by atoms with Crippen molar-refractivity contribution in [1.82, 2.24) is 4.90 Å². The van der Waals surface area contributed by atoms with Gasteiger partial charge in [-0.15, -0.1) is 12.6 Å². The summed E-state index contributed by atoms with van der Waals surface area (Å²) in [6, 6.07) is 5.87. The number of likely N-dealkylation sites (tertiary alicyclic amines) is 1. The third kappa shape index (κ3) is 2.58. The van der Waals surface area contributed by atoms with E-state index in [1.54, 1.807) is 0 Å². The highest BCUT2D eigenvalue weighted by molar-refractivity contribution is 7.80. The van der Waals surface area contributed by atoms with Crippen LogP contribution in [0.2, 0.25) is 0 Å². The zero-order valence-corrected chi connectivity index (χ0v) is 12.3. The maximum atomic E-state index is 12.0. The monoisotopic (exact) mass is 279 g/mol. The molecular weight excluding hydrogens is 258 g/mol. The molecule has 1 aromatic rings. The highest BCUT2D eigenvalue weighted by Crippen LogP contribution is 2.37. The molecule has 1 aliphatic rings. The second-order valence-electron chi connectivity index (χ2n) is 4.83. The van der Waals surface area contributed by atoms with Crippen molar-refractivity contribution in [3.05, 3.63) is 23.8 Å². The van der Waals surface area contributed by atoms with Crippen LogP contribution in [0.15, 0.2) is 23.1 Å². The SMILES string of the molecule is CCC(=O)N1CC[C@@H](N)[C@H]1c1cccc(NC)c1S. The fraction of sp³-hybridized carbons (Fsp3) is 0.500. The van der Waals surface area contributed by atoms with Crippen LogP contribution in [-0.4, -0.2) is 30.4 Å². The molecule has 0 spiro atoms. The number of nitrogens with one attached hydrogen (secondary N) is 1. The van der Waals surface area contributed by atoms with Crippen LogP contribution in [-0.2, 0) is 4.79 Å². The molecule has 4 nitrogen and oxygen atoms in total. The van der Waals surface area contributed by atoms with E-state index in [4.69, 9.17) is 5.73 Å². The number of hydrogen-bond donors (Lipinski definition) is 3. The second-order valence-corrected chi connectivity index (χ2v) is 5.28. The Bertz CT molecular complexity index is 478. The van der Waals surface area contributed by atoms with Gasteiger partial charge in [-0.2, -0.15) is 0 Å². The number of benzene rings is 1. The summed E-state index contributed by atoms with van der Waals surface area (Å²) in [7, 11) is 1.86. The van der Waals surface area contributed by atoms with Gasteiger partial charge in [-0.3, -0.25) is 4.79 Å². The first kappa shape index (κ1) is 14.2. The molecule has 1 aliphatic heterocycles. The molecule has 1 aromatic carbocycles. The van der Waals surface area contributed by atoms with E-state index in [-0.39, 0.29) is 18.0 Å². The van der Waals surface area contributed by atoms with Crippen LogP contribution in [0.3, 0.4) is 0 Å². The molecule has 1 heterocycles. The summed E-state index contributed by atoms with van der Waals surface area (Å²) >= 11 is 4.59. The van der Waals surface area contributed by atoms with Gasteiger partial charge < -0.3 is 16.0 Å². The van der Waals surface area contributed by atoms with Crippen LogP contribution >= 0.6 is 12.6 Å². The molecule has 2 atom stereocenters. The minimum Gasteiger partial charge on any atom is -0.387 e. The lowest BCUT2D eigenvalue weighted by molar-refractivity contribution is -0.131. The Morgan fingerprint density at radius 1 is 1.58 bits per heavy atom. The molecule has 19 heavy (non-hydrogen) atoms. The zero-order valence-electron chi connectivity index (χ0n) is 11.4. The van der Waals surface area contributed by atoms with Gasteiger partial charge >= 0.3 is 0 Å². The Balaban J connectivity index is 2.40. The van der Waals surface area contributed by atoms with Gasteiger partial charge in [0.05, 0.1) is 6.04 Å². The summed E-state index contributed by atoms with van der Waals surface area (Å²) in [5.74, 6) is 0.153. The molecule has 1 saturated heterocycles. The third-order valence-electron chi connectivity index (χ3n) is 3.72. The minimum absolute atomic E-state index is 0.0199. The summed E-state index contributed by atoms with van der Waals surface area (Å²) in [6.45, 7) is 2.62. The Labute approximate surface area is 119 Å². The Morgan fingerprint density at radius 2 is 2.32 bits per heavy atom. The van der Waals surface area contributed by atoms with E-state index in [1.165, 1.54) is 0 Å². The number of thiol groups is 1. The van der Waals surface area contributed by atoms with E-state index in [0.29, 0.717) is 6.42 Å². The van der Waals surface area contributed by atoms with Gasteiger partial charge in [0, 0.05) is 36.6 Å². The average Bonchev–Trinajstić information content (AvgIpc) is 2.80. The highest BCUT2D eigenvalue weighted by atomic mass is 32.1. The lowest BCUT2D eigenvalue weighted by Crippen LogP contribution is -2.35. The molecule has 1 amide bonds. The average molecular weight is 279 g/mol. The number of nitrogens with two attached hydrogens (primary N) is 1. The molecule has 104 valence electrons. The summed E-state index contributed by atoms with van der Waals surface area (Å²) in [6.07, 6.45) is 1.35. The number of carbonyl (C=O) groups is 1.